The summed E-state index contributed by atoms with van der Waals surface area (Å²) < 4.78 is 0. The van der Waals surface area contributed by atoms with E-state index < -0.39 is 0 Å². The maximum absolute atomic E-state index is 6.29. The second kappa shape index (κ2) is 5.18. The minimum Gasteiger partial charge on any atom is -0.324 e. The zero-order valence-electron chi connectivity index (χ0n) is 12.0. The molecule has 0 unspecified atom stereocenters. The summed E-state index contributed by atoms with van der Waals surface area (Å²) >= 11 is 0. The summed E-state index contributed by atoms with van der Waals surface area (Å²) in [6, 6.07) is 19.9. The molecule has 21 heavy (non-hydrogen) atoms. The third-order valence-electron chi connectivity index (χ3n) is 4.40. The molecule has 0 fully saturated rings. The van der Waals surface area contributed by atoms with E-state index in [9.17, 15) is 0 Å². The number of rotatable bonds is 2. The second-order valence-corrected chi connectivity index (χ2v) is 5.53. The van der Waals surface area contributed by atoms with Gasteiger partial charge >= 0.3 is 0 Å². The summed E-state index contributed by atoms with van der Waals surface area (Å²) in [7, 11) is 0. The van der Waals surface area contributed by atoms with Gasteiger partial charge in [0.15, 0.2) is 0 Å². The van der Waals surface area contributed by atoms with Crippen molar-refractivity contribution in [3.8, 4) is 0 Å². The van der Waals surface area contributed by atoms with E-state index in [0.717, 1.165) is 6.42 Å². The normalized spacial score (nSPS) is 12.9. The molecule has 1 atom stereocenters. The van der Waals surface area contributed by atoms with E-state index in [1.165, 1.54) is 37.9 Å². The van der Waals surface area contributed by atoms with Crippen molar-refractivity contribution in [1.82, 2.24) is 0 Å². The molecule has 2 heteroatoms. The Morgan fingerprint density at radius 1 is 0.810 bits per heavy atom. The van der Waals surface area contributed by atoms with Crippen molar-refractivity contribution >= 4 is 44.7 Å². The molecule has 0 bridgehead atoms. The Labute approximate surface area is 130 Å². The van der Waals surface area contributed by atoms with Crippen LogP contribution in [0.5, 0.6) is 0 Å². The summed E-state index contributed by atoms with van der Waals surface area (Å²) in [5.74, 6) is 0. The van der Waals surface area contributed by atoms with E-state index in [4.69, 9.17) is 5.73 Å². The van der Waals surface area contributed by atoms with Crippen LogP contribution in [0.1, 0.15) is 24.9 Å². The lowest BCUT2D eigenvalue weighted by molar-refractivity contribution is 0.704. The molecule has 0 saturated carbocycles. The number of benzene rings is 4. The zero-order valence-corrected chi connectivity index (χ0v) is 12.8. The van der Waals surface area contributed by atoms with E-state index in [1.807, 2.05) is 0 Å². The monoisotopic (exact) mass is 295 g/mol. The van der Waals surface area contributed by atoms with Gasteiger partial charge in [0.05, 0.1) is 0 Å². The standard InChI is InChI=1S/C19H17N.ClH/c1-2-17(20)15-10-8-14-7-6-12-4-3-5-13-9-11-16(15)19(14)18(12)13;/h3-11,17H,2,20H2,1H3;1H/t17-;/m0./s1. The molecule has 0 radical (unpaired) electrons. The van der Waals surface area contributed by atoms with Gasteiger partial charge in [-0.3, -0.25) is 0 Å². The van der Waals surface area contributed by atoms with Crippen molar-refractivity contribution in [2.24, 2.45) is 5.73 Å². The van der Waals surface area contributed by atoms with Crippen molar-refractivity contribution in [3.63, 3.8) is 0 Å². The maximum Gasteiger partial charge on any atom is 0.0298 e. The third-order valence-corrected chi connectivity index (χ3v) is 4.40. The lowest BCUT2D eigenvalue weighted by atomic mass is 9.89. The van der Waals surface area contributed by atoms with Gasteiger partial charge in [0.1, 0.15) is 0 Å². The van der Waals surface area contributed by atoms with Gasteiger partial charge in [-0.1, -0.05) is 61.5 Å². The Morgan fingerprint density at radius 3 is 2.05 bits per heavy atom. The van der Waals surface area contributed by atoms with Gasteiger partial charge < -0.3 is 5.73 Å². The van der Waals surface area contributed by atoms with Crippen LogP contribution in [-0.2, 0) is 0 Å². The quantitative estimate of drug-likeness (QED) is 0.491. The largest absolute Gasteiger partial charge is 0.324 e. The molecule has 0 heterocycles. The number of hydrogen-bond donors (Lipinski definition) is 1. The molecule has 0 aliphatic rings. The van der Waals surface area contributed by atoms with E-state index in [-0.39, 0.29) is 18.4 Å². The number of hydrogen-bond acceptors (Lipinski definition) is 1. The van der Waals surface area contributed by atoms with Crippen LogP contribution in [0.4, 0.5) is 0 Å². The van der Waals surface area contributed by atoms with Crippen molar-refractivity contribution in [2.45, 2.75) is 19.4 Å². The average Bonchev–Trinajstić information content (AvgIpc) is 2.51. The molecule has 0 saturated heterocycles. The van der Waals surface area contributed by atoms with E-state index in [2.05, 4.69) is 61.5 Å². The van der Waals surface area contributed by atoms with E-state index in [0.29, 0.717) is 0 Å². The fourth-order valence-corrected chi connectivity index (χ4v) is 3.30. The van der Waals surface area contributed by atoms with Crippen LogP contribution in [0.25, 0.3) is 32.3 Å². The first-order valence-corrected chi connectivity index (χ1v) is 7.21. The molecule has 0 amide bonds. The molecule has 2 N–H and O–H groups in total. The molecule has 0 aliphatic heterocycles. The van der Waals surface area contributed by atoms with Gasteiger partial charge in [-0.05, 0) is 44.3 Å². The van der Waals surface area contributed by atoms with E-state index >= 15 is 0 Å². The Hall–Kier alpha value is -1.83. The molecule has 0 aromatic heterocycles. The lowest BCUT2D eigenvalue weighted by Crippen LogP contribution is -2.09. The third kappa shape index (κ3) is 1.97. The first kappa shape index (κ1) is 14.1. The van der Waals surface area contributed by atoms with Gasteiger partial charge in [0.2, 0.25) is 0 Å². The molecule has 4 aromatic rings. The Balaban J connectivity index is 0.00000132. The highest BCUT2D eigenvalue weighted by Crippen LogP contribution is 2.37. The molecule has 0 spiro atoms. The first-order valence-electron chi connectivity index (χ1n) is 7.21. The van der Waals surface area contributed by atoms with E-state index in [1.54, 1.807) is 0 Å². The average molecular weight is 296 g/mol. The minimum atomic E-state index is 0. The summed E-state index contributed by atoms with van der Waals surface area (Å²) in [6.45, 7) is 2.14. The molecule has 4 aromatic carbocycles. The van der Waals surface area contributed by atoms with Crippen molar-refractivity contribution in [1.29, 1.82) is 0 Å². The Morgan fingerprint density at radius 2 is 1.38 bits per heavy atom. The fourth-order valence-electron chi connectivity index (χ4n) is 3.30. The van der Waals surface area contributed by atoms with Crippen LogP contribution in [-0.4, -0.2) is 0 Å². The van der Waals surface area contributed by atoms with Crippen molar-refractivity contribution < 1.29 is 0 Å². The van der Waals surface area contributed by atoms with Crippen LogP contribution in [0.3, 0.4) is 0 Å². The van der Waals surface area contributed by atoms with Crippen molar-refractivity contribution in [3.05, 3.63) is 60.2 Å². The highest BCUT2D eigenvalue weighted by atomic mass is 35.5. The van der Waals surface area contributed by atoms with Crippen LogP contribution < -0.4 is 5.73 Å². The van der Waals surface area contributed by atoms with Crippen molar-refractivity contribution in [2.75, 3.05) is 0 Å². The van der Waals surface area contributed by atoms with Gasteiger partial charge in [0.25, 0.3) is 0 Å². The fraction of sp³-hybridized carbons (Fsp3) is 0.158. The SMILES string of the molecule is CC[C@H](N)c1ccc2ccc3cccc4ccc1c2c34.Cl. The summed E-state index contributed by atoms with van der Waals surface area (Å²) in [5, 5.41) is 7.96. The first-order chi connectivity index (χ1) is 9.79. The Bertz CT molecular complexity index is 897. The van der Waals surface area contributed by atoms with Gasteiger partial charge in [-0.25, -0.2) is 0 Å². The van der Waals surface area contributed by atoms with Gasteiger partial charge in [0, 0.05) is 6.04 Å². The highest BCUT2D eigenvalue weighted by molar-refractivity contribution is 6.23. The van der Waals surface area contributed by atoms with Crippen LogP contribution in [0.15, 0.2) is 54.6 Å². The zero-order chi connectivity index (χ0) is 13.7. The number of halogens is 1. The van der Waals surface area contributed by atoms with Crippen LogP contribution >= 0.6 is 12.4 Å². The van der Waals surface area contributed by atoms with Gasteiger partial charge in [-0.2, -0.15) is 0 Å². The smallest absolute Gasteiger partial charge is 0.0298 e. The predicted molar refractivity (Wildman–Crippen MR) is 94.6 cm³/mol. The summed E-state index contributed by atoms with van der Waals surface area (Å²) in [6.07, 6.45) is 0.962. The maximum atomic E-state index is 6.29. The van der Waals surface area contributed by atoms with Crippen LogP contribution in [0.2, 0.25) is 0 Å². The molecular weight excluding hydrogens is 278 g/mol. The molecule has 106 valence electrons. The molecule has 4 rings (SSSR count). The number of nitrogens with two attached hydrogens (primary N) is 1. The lowest BCUT2D eigenvalue weighted by Gasteiger charge is -2.17. The second-order valence-electron chi connectivity index (χ2n) is 5.53. The molecule has 1 nitrogen and oxygen atoms in total. The molecular formula is C19H18ClN. The van der Waals surface area contributed by atoms with Crippen LogP contribution in [0, 0.1) is 0 Å². The Kier molecular flexibility index (Phi) is 3.48. The minimum absolute atomic E-state index is 0. The van der Waals surface area contributed by atoms with Gasteiger partial charge in [-0.15, -0.1) is 12.4 Å². The summed E-state index contributed by atoms with van der Waals surface area (Å²) in [5.41, 5.74) is 7.55. The highest BCUT2D eigenvalue weighted by Gasteiger charge is 2.13. The topological polar surface area (TPSA) is 26.0 Å². The summed E-state index contributed by atoms with van der Waals surface area (Å²) in [4.78, 5) is 0. The predicted octanol–water partition coefficient (Wildman–Crippen LogP) is 5.42. The molecule has 0 aliphatic carbocycles.